The highest BCUT2D eigenvalue weighted by Crippen LogP contribution is 2.16. The van der Waals surface area contributed by atoms with Gasteiger partial charge in [0.1, 0.15) is 5.60 Å². The lowest BCUT2D eigenvalue weighted by atomic mass is 10.0. The predicted octanol–water partition coefficient (Wildman–Crippen LogP) is -0.170. The first-order valence-corrected chi connectivity index (χ1v) is 4.37. The highest BCUT2D eigenvalue weighted by molar-refractivity contribution is 5.87. The standard InChI is InChI=1S/C9H15NO3/c1-2-3-8(11)10-6-9(12)4-5-13-7-9/h2-3,12H,4-7H2,1H3,(H,10,11)/b3-2+. The molecule has 0 aromatic carbocycles. The van der Waals surface area contributed by atoms with Gasteiger partial charge in [0.05, 0.1) is 6.61 Å². The molecule has 1 aliphatic rings. The highest BCUT2D eigenvalue weighted by atomic mass is 16.5. The molecule has 1 heterocycles. The van der Waals surface area contributed by atoms with Crippen molar-refractivity contribution in [2.75, 3.05) is 19.8 Å². The summed E-state index contributed by atoms with van der Waals surface area (Å²) < 4.78 is 5.03. The Hall–Kier alpha value is -0.870. The molecule has 74 valence electrons. The largest absolute Gasteiger partial charge is 0.386 e. The minimum Gasteiger partial charge on any atom is -0.386 e. The van der Waals surface area contributed by atoms with E-state index in [0.717, 1.165) is 0 Å². The molecule has 0 spiro atoms. The van der Waals surface area contributed by atoms with Crippen LogP contribution in [0.2, 0.25) is 0 Å². The molecule has 0 bridgehead atoms. The Morgan fingerprint density at radius 3 is 3.08 bits per heavy atom. The van der Waals surface area contributed by atoms with Crippen molar-refractivity contribution >= 4 is 5.91 Å². The molecule has 0 saturated carbocycles. The van der Waals surface area contributed by atoms with Gasteiger partial charge in [0.2, 0.25) is 5.91 Å². The predicted molar refractivity (Wildman–Crippen MR) is 48.2 cm³/mol. The first kappa shape index (κ1) is 10.2. The Kier molecular flexibility index (Phi) is 3.45. The van der Waals surface area contributed by atoms with Crippen molar-refractivity contribution in [3.63, 3.8) is 0 Å². The van der Waals surface area contributed by atoms with E-state index in [-0.39, 0.29) is 12.5 Å². The molecule has 0 radical (unpaired) electrons. The van der Waals surface area contributed by atoms with Crippen LogP contribution in [0, 0.1) is 0 Å². The summed E-state index contributed by atoms with van der Waals surface area (Å²) in [6.45, 7) is 2.91. The van der Waals surface area contributed by atoms with Crippen LogP contribution >= 0.6 is 0 Å². The second kappa shape index (κ2) is 4.39. The van der Waals surface area contributed by atoms with Gasteiger partial charge in [-0.3, -0.25) is 4.79 Å². The van der Waals surface area contributed by atoms with Crippen molar-refractivity contribution in [1.82, 2.24) is 5.32 Å². The number of allylic oxidation sites excluding steroid dienone is 1. The topological polar surface area (TPSA) is 58.6 Å². The molecule has 1 rings (SSSR count). The molecule has 1 atom stereocenters. The van der Waals surface area contributed by atoms with Gasteiger partial charge in [0.15, 0.2) is 0 Å². The maximum atomic E-state index is 11.0. The zero-order chi connectivity index (χ0) is 9.73. The molecular formula is C9H15NO3. The van der Waals surface area contributed by atoms with Gasteiger partial charge in [0.25, 0.3) is 0 Å². The van der Waals surface area contributed by atoms with E-state index in [2.05, 4.69) is 5.32 Å². The van der Waals surface area contributed by atoms with Gasteiger partial charge >= 0.3 is 0 Å². The highest BCUT2D eigenvalue weighted by Gasteiger charge is 2.32. The molecule has 4 nitrogen and oxygen atoms in total. The maximum absolute atomic E-state index is 11.0. The Balaban J connectivity index is 2.28. The van der Waals surface area contributed by atoms with Crippen LogP contribution in [-0.2, 0) is 9.53 Å². The minimum atomic E-state index is -0.864. The summed E-state index contributed by atoms with van der Waals surface area (Å²) in [6, 6.07) is 0. The Labute approximate surface area is 77.6 Å². The molecule has 1 unspecified atom stereocenters. The van der Waals surface area contributed by atoms with Crippen molar-refractivity contribution in [1.29, 1.82) is 0 Å². The second-order valence-corrected chi connectivity index (χ2v) is 3.24. The number of aliphatic hydroxyl groups is 1. The van der Waals surface area contributed by atoms with Crippen molar-refractivity contribution < 1.29 is 14.6 Å². The Morgan fingerprint density at radius 2 is 2.54 bits per heavy atom. The molecule has 0 aromatic heterocycles. The van der Waals surface area contributed by atoms with Crippen molar-refractivity contribution in [2.45, 2.75) is 18.9 Å². The maximum Gasteiger partial charge on any atom is 0.243 e. The lowest BCUT2D eigenvalue weighted by Gasteiger charge is -2.19. The molecule has 1 saturated heterocycles. The van der Waals surface area contributed by atoms with Crippen LogP contribution in [0.3, 0.4) is 0 Å². The zero-order valence-electron chi connectivity index (χ0n) is 7.75. The van der Waals surface area contributed by atoms with Gasteiger partial charge in [0, 0.05) is 19.6 Å². The molecule has 1 amide bonds. The smallest absolute Gasteiger partial charge is 0.243 e. The van der Waals surface area contributed by atoms with Gasteiger partial charge in [-0.2, -0.15) is 0 Å². The molecule has 4 heteroatoms. The zero-order valence-corrected chi connectivity index (χ0v) is 7.75. The van der Waals surface area contributed by atoms with Gasteiger partial charge in [-0.25, -0.2) is 0 Å². The monoisotopic (exact) mass is 185 g/mol. The van der Waals surface area contributed by atoms with Gasteiger partial charge < -0.3 is 15.2 Å². The number of nitrogens with one attached hydrogen (secondary N) is 1. The summed E-state index contributed by atoms with van der Waals surface area (Å²) in [5, 5.41) is 12.4. The van der Waals surface area contributed by atoms with Gasteiger partial charge in [-0.05, 0) is 13.0 Å². The fourth-order valence-electron chi connectivity index (χ4n) is 1.20. The van der Waals surface area contributed by atoms with E-state index in [9.17, 15) is 9.90 Å². The lowest BCUT2D eigenvalue weighted by molar-refractivity contribution is -0.117. The van der Waals surface area contributed by atoms with Crippen LogP contribution in [0.5, 0.6) is 0 Å². The van der Waals surface area contributed by atoms with E-state index < -0.39 is 5.60 Å². The summed E-state index contributed by atoms with van der Waals surface area (Å²) in [6.07, 6.45) is 3.67. The van der Waals surface area contributed by atoms with Crippen molar-refractivity contribution in [3.05, 3.63) is 12.2 Å². The lowest BCUT2D eigenvalue weighted by Crippen LogP contribution is -2.42. The van der Waals surface area contributed by atoms with E-state index in [1.54, 1.807) is 13.0 Å². The molecule has 1 fully saturated rings. The average Bonchev–Trinajstić information content (AvgIpc) is 2.51. The van der Waals surface area contributed by atoms with Crippen LogP contribution in [0.1, 0.15) is 13.3 Å². The summed E-state index contributed by atoms with van der Waals surface area (Å²) in [5.41, 5.74) is -0.864. The Morgan fingerprint density at radius 1 is 1.77 bits per heavy atom. The number of hydrogen-bond donors (Lipinski definition) is 2. The quantitative estimate of drug-likeness (QED) is 0.600. The number of hydrogen-bond acceptors (Lipinski definition) is 3. The first-order chi connectivity index (χ1) is 6.16. The van der Waals surface area contributed by atoms with Crippen molar-refractivity contribution in [3.8, 4) is 0 Å². The molecular weight excluding hydrogens is 170 g/mol. The van der Waals surface area contributed by atoms with E-state index >= 15 is 0 Å². The first-order valence-electron chi connectivity index (χ1n) is 4.37. The van der Waals surface area contributed by atoms with E-state index in [1.165, 1.54) is 6.08 Å². The molecule has 13 heavy (non-hydrogen) atoms. The molecule has 2 N–H and O–H groups in total. The summed E-state index contributed by atoms with van der Waals surface area (Å²) in [4.78, 5) is 11.0. The average molecular weight is 185 g/mol. The third-order valence-corrected chi connectivity index (χ3v) is 1.99. The van der Waals surface area contributed by atoms with Crippen molar-refractivity contribution in [2.24, 2.45) is 0 Å². The van der Waals surface area contributed by atoms with Crippen LogP contribution in [-0.4, -0.2) is 36.4 Å². The van der Waals surface area contributed by atoms with Crippen LogP contribution < -0.4 is 5.32 Å². The number of amides is 1. The number of carbonyl (C=O) groups excluding carboxylic acids is 1. The van der Waals surface area contributed by atoms with E-state index in [4.69, 9.17) is 4.74 Å². The number of ether oxygens (including phenoxy) is 1. The van der Waals surface area contributed by atoms with Crippen LogP contribution in [0.25, 0.3) is 0 Å². The molecule has 0 aromatic rings. The summed E-state index contributed by atoms with van der Waals surface area (Å²) in [5.74, 6) is -0.178. The number of rotatable bonds is 3. The van der Waals surface area contributed by atoms with Gasteiger partial charge in [-0.1, -0.05) is 6.08 Å². The molecule has 1 aliphatic heterocycles. The minimum absolute atomic E-state index is 0.178. The third kappa shape index (κ3) is 3.16. The van der Waals surface area contributed by atoms with E-state index in [1.807, 2.05) is 0 Å². The Bertz CT molecular complexity index is 207. The molecule has 0 aliphatic carbocycles. The van der Waals surface area contributed by atoms with Crippen LogP contribution in [0.15, 0.2) is 12.2 Å². The number of carbonyl (C=O) groups is 1. The third-order valence-electron chi connectivity index (χ3n) is 1.99. The fraction of sp³-hybridized carbons (Fsp3) is 0.667. The SMILES string of the molecule is C/C=C/C(=O)NCC1(O)CCOC1. The second-order valence-electron chi connectivity index (χ2n) is 3.24. The summed E-state index contributed by atoms with van der Waals surface area (Å²) >= 11 is 0. The normalized spacial score (nSPS) is 28.2. The van der Waals surface area contributed by atoms with Crippen LogP contribution in [0.4, 0.5) is 0 Å². The fourth-order valence-corrected chi connectivity index (χ4v) is 1.20. The van der Waals surface area contributed by atoms with Gasteiger partial charge in [-0.15, -0.1) is 0 Å². The summed E-state index contributed by atoms with van der Waals surface area (Å²) in [7, 11) is 0. The van der Waals surface area contributed by atoms with E-state index in [0.29, 0.717) is 19.6 Å².